The van der Waals surface area contributed by atoms with E-state index in [0.29, 0.717) is 17.3 Å². The molecule has 1 atom stereocenters. The first-order chi connectivity index (χ1) is 11.1. The Labute approximate surface area is 139 Å². The average molecular weight is 333 g/mol. The van der Waals surface area contributed by atoms with Crippen LogP contribution in [0.5, 0.6) is 0 Å². The van der Waals surface area contributed by atoms with E-state index in [4.69, 9.17) is 16.3 Å². The highest BCUT2D eigenvalue weighted by Gasteiger charge is 2.20. The molecule has 0 radical (unpaired) electrons. The number of hydrogen-bond acceptors (Lipinski definition) is 4. The lowest BCUT2D eigenvalue weighted by molar-refractivity contribution is -0.149. The first-order valence-electron chi connectivity index (χ1n) is 7.23. The molecule has 0 aliphatic rings. The van der Waals surface area contributed by atoms with Gasteiger partial charge in [0.15, 0.2) is 6.61 Å². The number of carbonyl (C=O) groups excluding carboxylic acids is 2. The summed E-state index contributed by atoms with van der Waals surface area (Å²) >= 11 is 5.72. The smallest absolute Gasteiger partial charge is 0.313 e. The second kappa shape index (κ2) is 8.29. The molecule has 0 bridgehead atoms. The summed E-state index contributed by atoms with van der Waals surface area (Å²) in [7, 11) is 0. The molecule has 0 fully saturated rings. The molecule has 5 nitrogen and oxygen atoms in total. The molecule has 1 aromatic carbocycles. The molecule has 0 aliphatic carbocycles. The number of rotatable bonds is 6. The minimum absolute atomic E-state index is 0.352. The summed E-state index contributed by atoms with van der Waals surface area (Å²) in [6.07, 6.45) is 2.02. The number of pyridine rings is 1. The van der Waals surface area contributed by atoms with Gasteiger partial charge in [-0.15, -0.1) is 0 Å². The Morgan fingerprint density at radius 3 is 2.57 bits per heavy atom. The van der Waals surface area contributed by atoms with E-state index >= 15 is 0 Å². The van der Waals surface area contributed by atoms with Crippen molar-refractivity contribution in [3.05, 3.63) is 59.2 Å². The standard InChI is InChI=1S/C17H17ClN2O3/c1-2-14(12-6-4-3-5-7-12)17(22)23-11-16(21)20-15-9-8-13(18)10-19-15/h3-10,14H,2,11H2,1H3,(H,19,20,21)/t14-/m0/s1. The number of nitrogens with one attached hydrogen (secondary N) is 1. The van der Waals surface area contributed by atoms with Crippen molar-refractivity contribution in [3.63, 3.8) is 0 Å². The third kappa shape index (κ3) is 5.07. The molecule has 0 spiro atoms. The first kappa shape index (κ1) is 17.0. The van der Waals surface area contributed by atoms with Gasteiger partial charge in [-0.1, -0.05) is 48.9 Å². The predicted molar refractivity (Wildman–Crippen MR) is 88.3 cm³/mol. The quantitative estimate of drug-likeness (QED) is 0.823. The van der Waals surface area contributed by atoms with Crippen molar-refractivity contribution in [1.29, 1.82) is 0 Å². The third-order valence-corrected chi connectivity index (χ3v) is 3.46. The van der Waals surface area contributed by atoms with Crippen LogP contribution in [0.15, 0.2) is 48.7 Å². The number of aromatic nitrogens is 1. The molecule has 0 saturated carbocycles. The van der Waals surface area contributed by atoms with E-state index in [2.05, 4.69) is 10.3 Å². The van der Waals surface area contributed by atoms with Crippen LogP contribution in [-0.4, -0.2) is 23.5 Å². The fourth-order valence-corrected chi connectivity index (χ4v) is 2.20. The summed E-state index contributed by atoms with van der Waals surface area (Å²) in [6.45, 7) is 1.54. The second-order valence-corrected chi connectivity index (χ2v) is 5.33. The van der Waals surface area contributed by atoms with Gasteiger partial charge in [0.1, 0.15) is 5.82 Å². The lowest BCUT2D eigenvalue weighted by Crippen LogP contribution is -2.24. The van der Waals surface area contributed by atoms with Crippen LogP contribution in [0.3, 0.4) is 0 Å². The van der Waals surface area contributed by atoms with Crippen LogP contribution in [0.25, 0.3) is 0 Å². The number of hydrogen-bond donors (Lipinski definition) is 1. The number of ether oxygens (including phenoxy) is 1. The zero-order chi connectivity index (χ0) is 16.7. The van der Waals surface area contributed by atoms with Crippen LogP contribution in [-0.2, 0) is 14.3 Å². The molecule has 2 aromatic rings. The van der Waals surface area contributed by atoms with E-state index in [0.717, 1.165) is 5.56 Å². The van der Waals surface area contributed by atoms with Crippen molar-refractivity contribution in [2.45, 2.75) is 19.3 Å². The van der Waals surface area contributed by atoms with E-state index in [1.807, 2.05) is 37.3 Å². The summed E-state index contributed by atoms with van der Waals surface area (Å²) < 4.78 is 5.10. The topological polar surface area (TPSA) is 68.3 Å². The monoisotopic (exact) mass is 332 g/mol. The van der Waals surface area contributed by atoms with Gasteiger partial charge in [-0.2, -0.15) is 0 Å². The van der Waals surface area contributed by atoms with Gasteiger partial charge in [0.25, 0.3) is 5.91 Å². The average Bonchev–Trinajstić information content (AvgIpc) is 2.57. The van der Waals surface area contributed by atoms with Crippen LogP contribution in [0.1, 0.15) is 24.8 Å². The lowest BCUT2D eigenvalue weighted by atomic mass is 9.97. The van der Waals surface area contributed by atoms with Crippen LogP contribution >= 0.6 is 11.6 Å². The minimum atomic E-state index is -0.448. The number of anilines is 1. The Morgan fingerprint density at radius 1 is 1.22 bits per heavy atom. The van der Waals surface area contributed by atoms with Gasteiger partial charge >= 0.3 is 5.97 Å². The van der Waals surface area contributed by atoms with Crippen molar-refractivity contribution >= 4 is 29.3 Å². The Hall–Kier alpha value is -2.40. The van der Waals surface area contributed by atoms with E-state index < -0.39 is 11.9 Å². The fraction of sp³-hybridized carbons (Fsp3) is 0.235. The van der Waals surface area contributed by atoms with E-state index in [-0.39, 0.29) is 12.5 Å². The highest BCUT2D eigenvalue weighted by atomic mass is 35.5. The fourth-order valence-electron chi connectivity index (χ4n) is 2.09. The van der Waals surface area contributed by atoms with Crippen LogP contribution in [0.4, 0.5) is 5.82 Å². The molecule has 6 heteroatoms. The normalized spacial score (nSPS) is 11.6. The van der Waals surface area contributed by atoms with E-state index in [9.17, 15) is 9.59 Å². The second-order valence-electron chi connectivity index (χ2n) is 4.89. The van der Waals surface area contributed by atoms with Gasteiger partial charge in [0, 0.05) is 6.20 Å². The van der Waals surface area contributed by atoms with Crippen LogP contribution < -0.4 is 5.32 Å². The lowest BCUT2D eigenvalue weighted by Gasteiger charge is -2.14. The highest BCUT2D eigenvalue weighted by molar-refractivity contribution is 6.30. The molecule has 2 rings (SSSR count). The predicted octanol–water partition coefficient (Wildman–Crippen LogP) is 3.41. The molecule has 120 valence electrons. The summed E-state index contributed by atoms with van der Waals surface area (Å²) in [5.41, 5.74) is 0.875. The van der Waals surface area contributed by atoms with Crippen molar-refractivity contribution in [2.24, 2.45) is 0 Å². The Kier molecular flexibility index (Phi) is 6.11. The molecule has 0 saturated heterocycles. The van der Waals surface area contributed by atoms with E-state index in [1.54, 1.807) is 12.1 Å². The van der Waals surface area contributed by atoms with Gasteiger partial charge < -0.3 is 10.1 Å². The van der Waals surface area contributed by atoms with Gasteiger partial charge in [-0.25, -0.2) is 4.98 Å². The number of benzene rings is 1. The Bertz CT molecular complexity index is 659. The first-order valence-corrected chi connectivity index (χ1v) is 7.61. The van der Waals surface area contributed by atoms with Gasteiger partial charge in [-0.3, -0.25) is 9.59 Å². The molecule has 0 aliphatic heterocycles. The van der Waals surface area contributed by atoms with Crippen LogP contribution in [0.2, 0.25) is 5.02 Å². The molecule has 23 heavy (non-hydrogen) atoms. The molecule has 1 aromatic heterocycles. The van der Waals surface area contributed by atoms with Crippen molar-refractivity contribution in [3.8, 4) is 0 Å². The molecular formula is C17H17ClN2O3. The maximum Gasteiger partial charge on any atom is 0.313 e. The van der Waals surface area contributed by atoms with E-state index in [1.165, 1.54) is 6.20 Å². The number of halogens is 1. The molecular weight excluding hydrogens is 316 g/mol. The highest BCUT2D eigenvalue weighted by Crippen LogP contribution is 2.20. The zero-order valence-corrected chi connectivity index (χ0v) is 13.4. The number of nitrogens with zero attached hydrogens (tertiary/aromatic N) is 1. The third-order valence-electron chi connectivity index (χ3n) is 3.24. The van der Waals surface area contributed by atoms with Gasteiger partial charge in [0.05, 0.1) is 10.9 Å². The molecule has 1 heterocycles. The van der Waals surface area contributed by atoms with Gasteiger partial charge in [0.2, 0.25) is 0 Å². The minimum Gasteiger partial charge on any atom is -0.455 e. The molecule has 0 unspecified atom stereocenters. The summed E-state index contributed by atoms with van der Waals surface area (Å²) in [5, 5.41) is 3.01. The number of esters is 1. The Morgan fingerprint density at radius 2 is 1.96 bits per heavy atom. The maximum absolute atomic E-state index is 12.1. The maximum atomic E-state index is 12.1. The largest absolute Gasteiger partial charge is 0.455 e. The summed E-state index contributed by atoms with van der Waals surface area (Å²) in [4.78, 5) is 27.9. The zero-order valence-electron chi connectivity index (χ0n) is 12.7. The van der Waals surface area contributed by atoms with Gasteiger partial charge in [-0.05, 0) is 24.1 Å². The molecule has 1 N–H and O–H groups in total. The SMILES string of the molecule is CC[C@H](C(=O)OCC(=O)Nc1ccc(Cl)cn1)c1ccccc1. The van der Waals surface area contributed by atoms with Crippen LogP contribution in [0, 0.1) is 0 Å². The Balaban J connectivity index is 1.87. The number of carbonyl (C=O) groups is 2. The van der Waals surface area contributed by atoms with Crippen molar-refractivity contribution in [2.75, 3.05) is 11.9 Å². The number of amides is 1. The van der Waals surface area contributed by atoms with Crippen molar-refractivity contribution in [1.82, 2.24) is 4.98 Å². The summed E-state index contributed by atoms with van der Waals surface area (Å²) in [6, 6.07) is 12.5. The summed E-state index contributed by atoms with van der Waals surface area (Å²) in [5.74, 6) is -0.891. The van der Waals surface area contributed by atoms with Crippen molar-refractivity contribution < 1.29 is 14.3 Å². The molecule has 1 amide bonds.